The Balaban J connectivity index is 2.20. The number of hydrogen-bond acceptors (Lipinski definition) is 2. The lowest BCUT2D eigenvalue weighted by Crippen LogP contribution is -2.06. The summed E-state index contributed by atoms with van der Waals surface area (Å²) in [5, 5.41) is 3.70. The molecule has 0 spiro atoms. The van der Waals surface area contributed by atoms with Crippen molar-refractivity contribution in [2.75, 3.05) is 0 Å². The lowest BCUT2D eigenvalue weighted by Gasteiger charge is -2.06. The van der Waals surface area contributed by atoms with Gasteiger partial charge in [-0.15, -0.1) is 0 Å². The Bertz CT molecular complexity index is 597. The zero-order chi connectivity index (χ0) is 13.9. The summed E-state index contributed by atoms with van der Waals surface area (Å²) in [5.74, 6) is -0.447. The maximum absolute atomic E-state index is 12.5. The van der Waals surface area contributed by atoms with Gasteiger partial charge in [0.1, 0.15) is 0 Å². The number of ketones is 1. The molecule has 1 aromatic carbocycles. The van der Waals surface area contributed by atoms with Gasteiger partial charge in [0.2, 0.25) is 0 Å². The molecule has 0 bridgehead atoms. The number of allylic oxidation sites excluding steroid dienone is 1. The van der Waals surface area contributed by atoms with Crippen molar-refractivity contribution in [1.29, 1.82) is 0 Å². The number of benzene rings is 1. The maximum Gasteiger partial charge on any atom is 0.416 e. The highest BCUT2D eigenvalue weighted by molar-refractivity contribution is 7.08. The van der Waals surface area contributed by atoms with Crippen LogP contribution in [0.1, 0.15) is 21.5 Å². The van der Waals surface area contributed by atoms with Crippen LogP contribution in [0.4, 0.5) is 13.2 Å². The highest BCUT2D eigenvalue weighted by Crippen LogP contribution is 2.29. The van der Waals surface area contributed by atoms with Gasteiger partial charge in [-0.05, 0) is 40.6 Å². The molecule has 19 heavy (non-hydrogen) atoms. The zero-order valence-corrected chi connectivity index (χ0v) is 10.5. The number of hydrogen-bond donors (Lipinski definition) is 0. The van der Waals surface area contributed by atoms with Gasteiger partial charge in [-0.3, -0.25) is 4.79 Å². The quantitative estimate of drug-likeness (QED) is 0.591. The lowest BCUT2D eigenvalue weighted by atomic mass is 10.1. The van der Waals surface area contributed by atoms with Crippen molar-refractivity contribution in [3.05, 3.63) is 63.9 Å². The highest BCUT2D eigenvalue weighted by Gasteiger charge is 2.30. The summed E-state index contributed by atoms with van der Waals surface area (Å²) in [4.78, 5) is 11.8. The fourth-order valence-electron chi connectivity index (χ4n) is 1.49. The van der Waals surface area contributed by atoms with E-state index < -0.39 is 17.5 Å². The Morgan fingerprint density at radius 3 is 2.63 bits per heavy atom. The molecular weight excluding hydrogens is 273 g/mol. The molecule has 0 aliphatic heterocycles. The van der Waals surface area contributed by atoms with Crippen molar-refractivity contribution >= 4 is 23.2 Å². The van der Waals surface area contributed by atoms with Crippen LogP contribution in [0.5, 0.6) is 0 Å². The van der Waals surface area contributed by atoms with Gasteiger partial charge >= 0.3 is 6.18 Å². The van der Waals surface area contributed by atoms with Gasteiger partial charge in [0.25, 0.3) is 0 Å². The SMILES string of the molecule is O=C(/C=C/c1ccsc1)c1cccc(C(F)(F)F)c1. The molecule has 0 unspecified atom stereocenters. The van der Waals surface area contributed by atoms with Gasteiger partial charge in [-0.25, -0.2) is 0 Å². The summed E-state index contributed by atoms with van der Waals surface area (Å²) in [5.41, 5.74) is 0.0638. The standard InChI is InChI=1S/C14H9F3OS/c15-14(16,17)12-3-1-2-11(8-12)13(18)5-4-10-6-7-19-9-10/h1-9H/b5-4+. The van der Waals surface area contributed by atoms with Crippen LogP contribution in [0.25, 0.3) is 6.08 Å². The van der Waals surface area contributed by atoms with Gasteiger partial charge in [0, 0.05) is 5.56 Å². The van der Waals surface area contributed by atoms with Gasteiger partial charge in [0.05, 0.1) is 5.56 Å². The number of carbonyl (C=O) groups is 1. The van der Waals surface area contributed by atoms with Gasteiger partial charge in [-0.1, -0.05) is 18.2 Å². The zero-order valence-electron chi connectivity index (χ0n) is 9.65. The minimum Gasteiger partial charge on any atom is -0.289 e. The predicted octanol–water partition coefficient (Wildman–Crippen LogP) is 4.66. The molecule has 0 fully saturated rings. The molecule has 1 nitrogen and oxygen atoms in total. The molecule has 0 atom stereocenters. The molecule has 1 heterocycles. The van der Waals surface area contributed by atoms with E-state index in [1.807, 2.05) is 16.8 Å². The third kappa shape index (κ3) is 3.54. The Labute approximate surface area is 112 Å². The molecule has 0 saturated heterocycles. The van der Waals surface area contributed by atoms with Crippen LogP contribution < -0.4 is 0 Å². The normalized spacial score (nSPS) is 11.9. The molecule has 0 saturated carbocycles. The molecule has 1 aromatic heterocycles. The van der Waals surface area contributed by atoms with E-state index in [1.165, 1.54) is 29.5 Å². The first-order valence-corrected chi connectivity index (χ1v) is 6.33. The van der Waals surface area contributed by atoms with Crippen LogP contribution in [0.2, 0.25) is 0 Å². The van der Waals surface area contributed by atoms with Crippen LogP contribution in [0.15, 0.2) is 47.2 Å². The summed E-state index contributed by atoms with van der Waals surface area (Å²) in [6.07, 6.45) is -1.58. The predicted molar refractivity (Wildman–Crippen MR) is 69.1 cm³/mol. The Morgan fingerprint density at radius 2 is 2.00 bits per heavy atom. The molecule has 0 N–H and O–H groups in total. The summed E-state index contributed by atoms with van der Waals surface area (Å²) >= 11 is 1.48. The van der Waals surface area contributed by atoms with E-state index in [-0.39, 0.29) is 5.56 Å². The van der Waals surface area contributed by atoms with Crippen molar-refractivity contribution in [2.24, 2.45) is 0 Å². The van der Waals surface area contributed by atoms with E-state index in [4.69, 9.17) is 0 Å². The Kier molecular flexibility index (Phi) is 3.85. The molecule has 0 amide bonds. The number of thiophene rings is 1. The molecule has 5 heteroatoms. The molecule has 0 radical (unpaired) electrons. The van der Waals surface area contributed by atoms with E-state index in [0.29, 0.717) is 0 Å². The minimum absolute atomic E-state index is 0.0290. The lowest BCUT2D eigenvalue weighted by molar-refractivity contribution is -0.137. The maximum atomic E-state index is 12.5. The van der Waals surface area contributed by atoms with E-state index >= 15 is 0 Å². The minimum atomic E-state index is -4.44. The average molecular weight is 282 g/mol. The second kappa shape index (κ2) is 5.40. The molecular formula is C14H9F3OS. The van der Waals surface area contributed by atoms with Crippen molar-refractivity contribution < 1.29 is 18.0 Å². The van der Waals surface area contributed by atoms with Crippen LogP contribution in [-0.2, 0) is 6.18 Å². The Hall–Kier alpha value is -1.88. The van der Waals surface area contributed by atoms with Gasteiger partial charge in [0.15, 0.2) is 5.78 Å². The number of carbonyl (C=O) groups excluding carboxylic acids is 1. The van der Waals surface area contributed by atoms with Gasteiger partial charge in [-0.2, -0.15) is 24.5 Å². The summed E-state index contributed by atoms with van der Waals surface area (Å²) in [6.45, 7) is 0. The third-order valence-corrected chi connectivity index (χ3v) is 3.15. The topological polar surface area (TPSA) is 17.1 Å². The number of halogens is 3. The van der Waals surface area contributed by atoms with Crippen LogP contribution in [0, 0.1) is 0 Å². The molecule has 2 aromatic rings. The third-order valence-electron chi connectivity index (χ3n) is 2.44. The van der Waals surface area contributed by atoms with E-state index in [9.17, 15) is 18.0 Å². The van der Waals surface area contributed by atoms with Crippen molar-refractivity contribution in [1.82, 2.24) is 0 Å². The molecule has 0 aliphatic rings. The van der Waals surface area contributed by atoms with Crippen LogP contribution in [-0.4, -0.2) is 5.78 Å². The fourth-order valence-corrected chi connectivity index (χ4v) is 2.12. The fraction of sp³-hybridized carbons (Fsp3) is 0.0714. The first-order valence-electron chi connectivity index (χ1n) is 5.39. The monoisotopic (exact) mass is 282 g/mol. The first kappa shape index (κ1) is 13.5. The second-order valence-corrected chi connectivity index (χ2v) is 4.61. The van der Waals surface area contributed by atoms with E-state index in [1.54, 1.807) is 6.08 Å². The summed E-state index contributed by atoms with van der Waals surface area (Å²) in [7, 11) is 0. The van der Waals surface area contributed by atoms with Crippen LogP contribution in [0.3, 0.4) is 0 Å². The largest absolute Gasteiger partial charge is 0.416 e. The second-order valence-electron chi connectivity index (χ2n) is 3.83. The number of alkyl halides is 3. The van der Waals surface area contributed by atoms with Gasteiger partial charge < -0.3 is 0 Å². The number of rotatable bonds is 3. The smallest absolute Gasteiger partial charge is 0.289 e. The van der Waals surface area contributed by atoms with Crippen molar-refractivity contribution in [3.63, 3.8) is 0 Å². The molecule has 0 aliphatic carbocycles. The summed E-state index contributed by atoms with van der Waals surface area (Å²) < 4.78 is 37.5. The van der Waals surface area contributed by atoms with Crippen molar-refractivity contribution in [2.45, 2.75) is 6.18 Å². The Morgan fingerprint density at radius 1 is 1.21 bits per heavy atom. The van der Waals surface area contributed by atoms with Crippen LogP contribution >= 0.6 is 11.3 Å². The average Bonchev–Trinajstić information content (AvgIpc) is 2.88. The van der Waals surface area contributed by atoms with Crippen molar-refractivity contribution in [3.8, 4) is 0 Å². The molecule has 98 valence electrons. The van der Waals surface area contributed by atoms with E-state index in [0.717, 1.165) is 17.7 Å². The summed E-state index contributed by atoms with van der Waals surface area (Å²) in [6, 6.07) is 6.23. The molecule has 2 rings (SSSR count). The van der Waals surface area contributed by atoms with E-state index in [2.05, 4.69) is 0 Å². The highest BCUT2D eigenvalue weighted by atomic mass is 32.1. The first-order chi connectivity index (χ1) is 8.97.